The summed E-state index contributed by atoms with van der Waals surface area (Å²) >= 11 is 0. The Morgan fingerprint density at radius 3 is 2.62 bits per heavy atom. The molecule has 1 fully saturated rings. The number of fused-ring (bicyclic) bond motifs is 2. The van der Waals surface area contributed by atoms with Crippen LogP contribution in [0.25, 0.3) is 0 Å². The molecule has 0 aliphatic carbocycles. The molecule has 2 aromatic carbocycles. The Morgan fingerprint density at radius 2 is 1.87 bits per heavy atom. The Hall–Kier alpha value is -4.54. The number of hydrogen-bond acceptors (Lipinski definition) is 7. The molecular weight excluding hydrogens is 512 g/mol. The predicted molar refractivity (Wildman–Crippen MR) is 133 cm³/mol. The summed E-state index contributed by atoms with van der Waals surface area (Å²) in [5.41, 5.74) is 0.0459. The van der Waals surface area contributed by atoms with Crippen molar-refractivity contribution >= 4 is 5.91 Å². The van der Waals surface area contributed by atoms with Crippen LogP contribution in [-0.2, 0) is 6.61 Å². The summed E-state index contributed by atoms with van der Waals surface area (Å²) in [6.07, 6.45) is 2.33. The first-order valence-corrected chi connectivity index (χ1v) is 12.5. The minimum Gasteiger partial charge on any atom is -0.479 e. The highest BCUT2D eigenvalue weighted by atomic mass is 19.2. The number of carbonyl (C=O) groups excluding carboxylic acids is 1. The number of halogens is 2. The predicted octanol–water partition coefficient (Wildman–Crippen LogP) is 3.95. The van der Waals surface area contributed by atoms with Gasteiger partial charge in [-0.2, -0.15) is 5.10 Å². The number of benzene rings is 2. The minimum atomic E-state index is -0.989. The third-order valence-corrected chi connectivity index (χ3v) is 7.41. The van der Waals surface area contributed by atoms with Crippen molar-refractivity contribution in [1.29, 1.82) is 0 Å². The molecule has 0 saturated carbocycles. The van der Waals surface area contributed by atoms with Gasteiger partial charge in [-0.05, 0) is 31.4 Å². The lowest BCUT2D eigenvalue weighted by atomic mass is 9.79. The Kier molecular flexibility index (Phi) is 6.13. The molecule has 39 heavy (non-hydrogen) atoms. The van der Waals surface area contributed by atoms with Crippen LogP contribution in [0.4, 0.5) is 8.78 Å². The quantitative estimate of drug-likeness (QED) is 0.368. The van der Waals surface area contributed by atoms with Crippen LogP contribution in [0.2, 0.25) is 0 Å². The summed E-state index contributed by atoms with van der Waals surface area (Å²) < 4.78 is 46.9. The molecule has 9 nitrogen and oxygen atoms in total. The van der Waals surface area contributed by atoms with E-state index in [1.807, 2.05) is 18.2 Å². The number of rotatable bonds is 6. The zero-order valence-electron chi connectivity index (χ0n) is 20.8. The molecule has 4 heterocycles. The van der Waals surface area contributed by atoms with Gasteiger partial charge in [0.1, 0.15) is 6.61 Å². The van der Waals surface area contributed by atoms with Crippen molar-refractivity contribution in [2.45, 2.75) is 44.4 Å². The molecule has 0 radical (unpaired) electrons. The van der Waals surface area contributed by atoms with E-state index in [4.69, 9.17) is 13.6 Å². The molecule has 200 valence electrons. The topological polar surface area (TPSA) is 108 Å². The lowest BCUT2D eigenvalue weighted by Crippen LogP contribution is -2.51. The first-order valence-electron chi connectivity index (χ1n) is 12.5. The van der Waals surface area contributed by atoms with Crippen LogP contribution in [0.1, 0.15) is 57.9 Å². The Morgan fingerprint density at radius 1 is 1.08 bits per heavy atom. The number of amides is 1. The number of nitrogens with zero attached hydrogens (tertiary/aromatic N) is 3. The van der Waals surface area contributed by atoms with E-state index in [1.165, 1.54) is 23.7 Å². The highest BCUT2D eigenvalue weighted by Gasteiger charge is 2.48. The Bertz CT molecular complexity index is 1680. The van der Waals surface area contributed by atoms with Crippen molar-refractivity contribution in [3.05, 3.63) is 116 Å². The molecule has 1 unspecified atom stereocenters. The molecule has 4 aromatic rings. The van der Waals surface area contributed by atoms with Crippen molar-refractivity contribution < 1.29 is 27.1 Å². The van der Waals surface area contributed by atoms with Gasteiger partial charge in [0.2, 0.25) is 5.43 Å². The average molecular weight is 536 g/mol. The molecule has 0 N–H and O–H groups in total. The minimum absolute atomic E-state index is 0.0674. The molecule has 0 bridgehead atoms. The second-order valence-electron chi connectivity index (χ2n) is 9.58. The smallest absolute Gasteiger partial charge is 0.479 e. The van der Waals surface area contributed by atoms with Crippen molar-refractivity contribution in [2.75, 3.05) is 6.54 Å². The number of aromatic nitrogens is 2. The number of ether oxygens (including phenoxy) is 1. The summed E-state index contributed by atoms with van der Waals surface area (Å²) in [4.78, 5) is 39.8. The van der Waals surface area contributed by atoms with Crippen molar-refractivity contribution in [2.24, 2.45) is 0 Å². The van der Waals surface area contributed by atoms with Gasteiger partial charge in [0.05, 0.1) is 18.3 Å². The standard InChI is InChI=1S/C28H23F2N3O6/c1-15-21(39-28(36)38-15)14-37-26-20(34)13-31-33-24(19-11-6-12-32(19)27(35)25(26)33)22(16-7-3-2-4-8-16)17-9-5-10-18(29)23(17)30/h2-5,7-10,13,19,22,24H,6,11-12,14H2,1H3/t19-,22?,24-/m1/s1. The molecule has 1 amide bonds. The number of hydrogen-bond donors (Lipinski definition) is 0. The van der Waals surface area contributed by atoms with E-state index >= 15 is 4.39 Å². The third kappa shape index (κ3) is 4.14. The average Bonchev–Trinajstić information content (AvgIpc) is 3.54. The molecule has 2 aliphatic rings. The van der Waals surface area contributed by atoms with E-state index in [-0.39, 0.29) is 35.1 Å². The molecule has 2 aliphatic heterocycles. The summed E-state index contributed by atoms with van der Waals surface area (Å²) in [7, 11) is 0. The Balaban J connectivity index is 1.55. The molecule has 3 atom stereocenters. The maximum absolute atomic E-state index is 15.4. The van der Waals surface area contributed by atoms with E-state index in [1.54, 1.807) is 17.0 Å². The van der Waals surface area contributed by atoms with Gasteiger partial charge < -0.3 is 18.5 Å². The van der Waals surface area contributed by atoms with Crippen LogP contribution in [0.3, 0.4) is 0 Å². The van der Waals surface area contributed by atoms with Gasteiger partial charge in [0.15, 0.2) is 34.6 Å². The van der Waals surface area contributed by atoms with E-state index in [9.17, 15) is 18.8 Å². The largest absolute Gasteiger partial charge is 0.519 e. The SMILES string of the molecule is Cc1oc(=O)oc1COc1c2n(ncc1=O)[C@@H](C(c1ccccc1)c1cccc(F)c1F)[C@H]1CCCN1C2=O. The lowest BCUT2D eigenvalue weighted by Gasteiger charge is -2.42. The molecule has 6 rings (SSSR count). The van der Waals surface area contributed by atoms with Gasteiger partial charge in [-0.3, -0.25) is 14.3 Å². The zero-order chi connectivity index (χ0) is 27.3. The van der Waals surface area contributed by atoms with Gasteiger partial charge in [0, 0.05) is 18.0 Å². The van der Waals surface area contributed by atoms with E-state index in [0.29, 0.717) is 24.9 Å². The first kappa shape index (κ1) is 24.8. The molecule has 2 aromatic heterocycles. The second-order valence-corrected chi connectivity index (χ2v) is 9.58. The van der Waals surface area contributed by atoms with E-state index < -0.39 is 46.8 Å². The van der Waals surface area contributed by atoms with Crippen molar-refractivity contribution in [3.8, 4) is 5.75 Å². The van der Waals surface area contributed by atoms with Gasteiger partial charge in [-0.25, -0.2) is 13.6 Å². The summed E-state index contributed by atoms with van der Waals surface area (Å²) in [6.45, 7) is 1.59. The van der Waals surface area contributed by atoms with Crippen molar-refractivity contribution in [3.63, 3.8) is 0 Å². The number of carbonyl (C=O) groups is 1. The normalized spacial score (nSPS) is 19.1. The molecular formula is C28H23F2N3O6. The van der Waals surface area contributed by atoms with Crippen LogP contribution in [0, 0.1) is 18.6 Å². The second kappa shape index (κ2) is 9.64. The van der Waals surface area contributed by atoms with Gasteiger partial charge in [-0.1, -0.05) is 42.5 Å². The van der Waals surface area contributed by atoms with Gasteiger partial charge >= 0.3 is 5.82 Å². The third-order valence-electron chi connectivity index (χ3n) is 7.41. The van der Waals surface area contributed by atoms with Gasteiger partial charge in [0.25, 0.3) is 5.91 Å². The Labute approximate surface area is 220 Å². The van der Waals surface area contributed by atoms with Crippen LogP contribution < -0.4 is 16.0 Å². The summed E-state index contributed by atoms with van der Waals surface area (Å²) in [5, 5.41) is 4.34. The highest BCUT2D eigenvalue weighted by Crippen LogP contribution is 2.46. The van der Waals surface area contributed by atoms with Gasteiger partial charge in [-0.15, -0.1) is 0 Å². The fourth-order valence-corrected chi connectivity index (χ4v) is 5.70. The maximum atomic E-state index is 15.4. The maximum Gasteiger partial charge on any atom is 0.519 e. The summed E-state index contributed by atoms with van der Waals surface area (Å²) in [6, 6.07) is 12.0. The van der Waals surface area contributed by atoms with Crippen LogP contribution in [-0.4, -0.2) is 33.2 Å². The number of aryl methyl sites for hydroxylation is 1. The van der Waals surface area contributed by atoms with Crippen LogP contribution >= 0.6 is 0 Å². The lowest BCUT2D eigenvalue weighted by molar-refractivity contribution is 0.0559. The molecule has 11 heteroatoms. The fraction of sp³-hybridized carbons (Fsp3) is 0.286. The monoisotopic (exact) mass is 535 g/mol. The highest BCUT2D eigenvalue weighted by molar-refractivity contribution is 5.96. The van der Waals surface area contributed by atoms with Crippen LogP contribution in [0.15, 0.2) is 73.2 Å². The van der Waals surface area contributed by atoms with Crippen molar-refractivity contribution in [1.82, 2.24) is 14.7 Å². The zero-order valence-corrected chi connectivity index (χ0v) is 20.8. The fourth-order valence-electron chi connectivity index (χ4n) is 5.70. The van der Waals surface area contributed by atoms with E-state index in [0.717, 1.165) is 12.3 Å². The molecule has 1 saturated heterocycles. The summed E-state index contributed by atoms with van der Waals surface area (Å²) in [5.74, 6) is -4.13. The van der Waals surface area contributed by atoms with E-state index in [2.05, 4.69) is 5.10 Å². The molecule has 0 spiro atoms. The van der Waals surface area contributed by atoms with Crippen LogP contribution in [0.5, 0.6) is 5.75 Å². The first-order chi connectivity index (χ1) is 18.8.